The van der Waals surface area contributed by atoms with Crippen LogP contribution < -0.4 is 4.90 Å². The molecule has 1 heterocycles. The van der Waals surface area contributed by atoms with E-state index in [0.717, 1.165) is 11.8 Å². The second-order valence-corrected chi connectivity index (χ2v) is 6.03. The molecule has 0 saturated heterocycles. The van der Waals surface area contributed by atoms with Crippen molar-refractivity contribution in [1.29, 1.82) is 0 Å². The number of methoxy groups -OCH3 is 1. The molecule has 0 aliphatic heterocycles. The number of hydrogen-bond acceptors (Lipinski definition) is 5. The molecule has 1 aromatic carbocycles. The van der Waals surface area contributed by atoms with Crippen molar-refractivity contribution in [3.8, 4) is 0 Å². The molecule has 0 atom stereocenters. The minimum absolute atomic E-state index is 0.0510. The molecule has 9 heteroatoms. The molecular formula is C15H15Cl2N3O4. The molecule has 0 bridgehead atoms. The van der Waals surface area contributed by atoms with E-state index in [1.165, 1.54) is 13.2 Å². The van der Waals surface area contributed by atoms with E-state index in [4.69, 9.17) is 23.2 Å². The van der Waals surface area contributed by atoms with Crippen LogP contribution in [0.5, 0.6) is 0 Å². The zero-order chi connectivity index (χ0) is 18.0. The van der Waals surface area contributed by atoms with E-state index in [2.05, 4.69) is 4.74 Å². The first kappa shape index (κ1) is 18.1. The summed E-state index contributed by atoms with van der Waals surface area (Å²) in [6.45, 7) is 0.373. The van der Waals surface area contributed by atoms with Crippen LogP contribution in [0.2, 0.25) is 10.0 Å². The number of anilines is 1. The Morgan fingerprint density at radius 3 is 2.54 bits per heavy atom. The number of nitrogens with zero attached hydrogens (tertiary/aromatic N) is 3. The van der Waals surface area contributed by atoms with E-state index < -0.39 is 10.9 Å². The predicted molar refractivity (Wildman–Crippen MR) is 92.0 cm³/mol. The van der Waals surface area contributed by atoms with Crippen LogP contribution in [0, 0.1) is 10.1 Å². The Balaban J connectivity index is 2.44. The van der Waals surface area contributed by atoms with Crippen molar-refractivity contribution in [1.82, 2.24) is 4.57 Å². The van der Waals surface area contributed by atoms with Gasteiger partial charge in [-0.05, 0) is 12.1 Å². The molecule has 1 aromatic heterocycles. The number of esters is 1. The van der Waals surface area contributed by atoms with Crippen molar-refractivity contribution >= 4 is 40.5 Å². The maximum absolute atomic E-state index is 11.7. The quantitative estimate of drug-likeness (QED) is 0.455. The van der Waals surface area contributed by atoms with Gasteiger partial charge in [-0.3, -0.25) is 10.1 Å². The molecule has 24 heavy (non-hydrogen) atoms. The first-order chi connectivity index (χ1) is 11.2. The molecule has 0 radical (unpaired) electrons. The summed E-state index contributed by atoms with van der Waals surface area (Å²) in [5.74, 6) is -0.730. The highest BCUT2D eigenvalue weighted by atomic mass is 35.5. The van der Waals surface area contributed by atoms with Crippen molar-refractivity contribution in [3.05, 3.63) is 55.8 Å². The lowest BCUT2D eigenvalue weighted by Crippen LogP contribution is -2.20. The Labute approximate surface area is 148 Å². The highest BCUT2D eigenvalue weighted by molar-refractivity contribution is 6.34. The van der Waals surface area contributed by atoms with E-state index in [-0.39, 0.29) is 22.0 Å². The molecule has 0 fully saturated rings. The van der Waals surface area contributed by atoms with Gasteiger partial charge in [-0.15, -0.1) is 0 Å². The predicted octanol–water partition coefficient (Wildman–Crippen LogP) is 3.66. The molecule has 0 aliphatic rings. The smallest absolute Gasteiger partial charge is 0.339 e. The molecule has 128 valence electrons. The number of aryl methyl sites for hydroxylation is 1. The number of aromatic nitrogens is 1. The van der Waals surface area contributed by atoms with Gasteiger partial charge in [0, 0.05) is 32.1 Å². The molecule has 0 unspecified atom stereocenters. The highest BCUT2D eigenvalue weighted by Crippen LogP contribution is 2.34. The van der Waals surface area contributed by atoms with Gasteiger partial charge in [0.15, 0.2) is 0 Å². The van der Waals surface area contributed by atoms with Crippen molar-refractivity contribution in [3.63, 3.8) is 0 Å². The molecular weight excluding hydrogens is 357 g/mol. The summed E-state index contributed by atoms with van der Waals surface area (Å²) >= 11 is 12.0. The second kappa shape index (κ2) is 7.11. The number of nitro groups is 1. The van der Waals surface area contributed by atoms with E-state index >= 15 is 0 Å². The van der Waals surface area contributed by atoms with Crippen LogP contribution in [0.3, 0.4) is 0 Å². The topological polar surface area (TPSA) is 77.6 Å². The third-order valence-corrected chi connectivity index (χ3v) is 4.07. The van der Waals surface area contributed by atoms with E-state index in [1.54, 1.807) is 24.2 Å². The monoisotopic (exact) mass is 371 g/mol. The maximum Gasteiger partial charge on any atom is 0.339 e. The first-order valence-corrected chi connectivity index (χ1v) is 7.58. The molecule has 0 amide bonds. The number of benzene rings is 1. The van der Waals surface area contributed by atoms with Crippen LogP contribution in [-0.2, 0) is 18.3 Å². The van der Waals surface area contributed by atoms with Crippen molar-refractivity contribution in [2.45, 2.75) is 6.54 Å². The Hall–Kier alpha value is -2.25. The summed E-state index contributed by atoms with van der Waals surface area (Å²) in [7, 11) is 4.71. The van der Waals surface area contributed by atoms with Gasteiger partial charge in [0.1, 0.15) is 5.69 Å². The number of carbonyl (C=O) groups is 1. The summed E-state index contributed by atoms with van der Waals surface area (Å²) in [5.41, 5.74) is 0.868. The fraction of sp³-hybridized carbons (Fsp3) is 0.267. The van der Waals surface area contributed by atoms with Crippen molar-refractivity contribution < 1.29 is 14.5 Å². The Morgan fingerprint density at radius 1 is 1.38 bits per heavy atom. The van der Waals surface area contributed by atoms with Gasteiger partial charge in [-0.2, -0.15) is 0 Å². The number of halogens is 2. The molecule has 0 N–H and O–H groups in total. The number of nitro benzene ring substituents is 1. The third-order valence-electron chi connectivity index (χ3n) is 3.55. The summed E-state index contributed by atoms with van der Waals surface area (Å²) in [5, 5.41) is 12.0. The molecule has 2 rings (SSSR count). The van der Waals surface area contributed by atoms with E-state index in [9.17, 15) is 14.9 Å². The first-order valence-electron chi connectivity index (χ1n) is 6.82. The number of ether oxygens (including phenoxy) is 1. The van der Waals surface area contributed by atoms with Gasteiger partial charge in [0.25, 0.3) is 5.69 Å². The van der Waals surface area contributed by atoms with Crippen LogP contribution in [0.15, 0.2) is 24.4 Å². The van der Waals surface area contributed by atoms with E-state index in [0.29, 0.717) is 11.6 Å². The molecule has 0 spiro atoms. The van der Waals surface area contributed by atoms with Crippen LogP contribution in [0.4, 0.5) is 11.4 Å². The fourth-order valence-corrected chi connectivity index (χ4v) is 2.83. The van der Waals surface area contributed by atoms with Crippen LogP contribution in [-0.4, -0.2) is 29.6 Å². The summed E-state index contributed by atoms with van der Waals surface area (Å²) in [4.78, 5) is 24.1. The largest absolute Gasteiger partial charge is 0.465 e. The minimum Gasteiger partial charge on any atom is -0.465 e. The number of rotatable bonds is 5. The van der Waals surface area contributed by atoms with Crippen LogP contribution in [0.25, 0.3) is 0 Å². The van der Waals surface area contributed by atoms with Gasteiger partial charge in [-0.1, -0.05) is 23.2 Å². The minimum atomic E-state index is -0.730. The standard InChI is InChI=1S/C15H15Cl2N3O4/c1-18-7-9(16)4-10(18)8-19(2)13-6-12(17)11(15(21)24-3)5-14(13)20(22)23/h4-7H,8H2,1-3H3. The van der Waals surface area contributed by atoms with Gasteiger partial charge in [0.05, 0.1) is 34.2 Å². The lowest BCUT2D eigenvalue weighted by Gasteiger charge is -2.20. The summed E-state index contributed by atoms with van der Waals surface area (Å²) in [6.07, 6.45) is 1.74. The van der Waals surface area contributed by atoms with Crippen LogP contribution in [0.1, 0.15) is 16.1 Å². The number of hydrogen-bond donors (Lipinski definition) is 0. The van der Waals surface area contributed by atoms with Gasteiger partial charge in [-0.25, -0.2) is 4.79 Å². The summed E-state index contributed by atoms with van der Waals surface area (Å²) < 4.78 is 6.42. The number of carbonyl (C=O) groups excluding carboxylic acids is 1. The van der Waals surface area contributed by atoms with Crippen molar-refractivity contribution in [2.24, 2.45) is 7.05 Å². The van der Waals surface area contributed by atoms with E-state index in [1.807, 2.05) is 11.6 Å². The van der Waals surface area contributed by atoms with Gasteiger partial charge >= 0.3 is 5.97 Å². The average Bonchev–Trinajstić information content (AvgIpc) is 2.83. The Morgan fingerprint density at radius 2 is 2.04 bits per heavy atom. The Bertz CT molecular complexity index is 804. The highest BCUT2D eigenvalue weighted by Gasteiger charge is 2.24. The Kier molecular flexibility index (Phi) is 5.36. The zero-order valence-corrected chi connectivity index (χ0v) is 14.8. The van der Waals surface area contributed by atoms with Crippen molar-refractivity contribution in [2.75, 3.05) is 19.1 Å². The lowest BCUT2D eigenvalue weighted by atomic mass is 10.1. The lowest BCUT2D eigenvalue weighted by molar-refractivity contribution is -0.384. The second-order valence-electron chi connectivity index (χ2n) is 5.19. The molecule has 7 nitrogen and oxygen atoms in total. The molecule has 0 aliphatic carbocycles. The maximum atomic E-state index is 11.7. The third kappa shape index (κ3) is 3.63. The SMILES string of the molecule is COC(=O)c1cc([N+](=O)[O-])c(N(C)Cc2cc(Cl)cn2C)cc1Cl. The molecule has 2 aromatic rings. The fourth-order valence-electron chi connectivity index (χ4n) is 2.32. The molecule has 0 saturated carbocycles. The average molecular weight is 372 g/mol. The normalized spacial score (nSPS) is 10.5. The summed E-state index contributed by atoms with van der Waals surface area (Å²) in [6, 6.07) is 4.28. The van der Waals surface area contributed by atoms with Gasteiger partial charge in [0.2, 0.25) is 0 Å². The van der Waals surface area contributed by atoms with Crippen LogP contribution >= 0.6 is 23.2 Å². The zero-order valence-electron chi connectivity index (χ0n) is 13.2. The van der Waals surface area contributed by atoms with Gasteiger partial charge < -0.3 is 14.2 Å².